The fraction of sp³-hybridized carbons (Fsp3) is 0.378. The second-order valence-electron chi connectivity index (χ2n) is 9.64. The molecule has 1 aromatic heterocycles. The molecule has 1 amide bonds. The summed E-state index contributed by atoms with van der Waals surface area (Å²) >= 11 is 0.494. The molecular formula is C37H40F4N4O2S. The third-order valence-electron chi connectivity index (χ3n) is 6.32. The molecule has 0 aliphatic heterocycles. The number of halogens is 4. The average Bonchev–Trinajstić information content (AvgIpc) is 3.29. The molecule has 1 unspecified atom stereocenters. The zero-order chi connectivity index (χ0) is 54.9. The van der Waals surface area contributed by atoms with Crippen LogP contribution in [0, 0.1) is 11.7 Å². The van der Waals surface area contributed by atoms with Gasteiger partial charge in [-0.1, -0.05) is 80.9 Å². The highest BCUT2D eigenvalue weighted by Gasteiger charge is 2.30. The number of rotatable bonds is 13. The van der Waals surface area contributed by atoms with E-state index < -0.39 is 178 Å². The number of nitrogens with zero attached hydrogens (tertiary/aromatic N) is 4. The van der Waals surface area contributed by atoms with Gasteiger partial charge >= 0.3 is 6.18 Å². The third kappa shape index (κ3) is 8.73. The minimum Gasteiger partial charge on any atom is -0.336 e. The summed E-state index contributed by atoms with van der Waals surface area (Å²) in [5.74, 6) is -6.07. The highest BCUT2D eigenvalue weighted by atomic mass is 32.2. The van der Waals surface area contributed by atoms with Crippen molar-refractivity contribution in [2.75, 3.05) is 26.0 Å². The van der Waals surface area contributed by atoms with Crippen molar-refractivity contribution in [2.24, 2.45) is 5.89 Å². The van der Waals surface area contributed by atoms with Gasteiger partial charge in [0, 0.05) is 51.6 Å². The van der Waals surface area contributed by atoms with Gasteiger partial charge in [0.1, 0.15) is 12.4 Å². The van der Waals surface area contributed by atoms with E-state index in [4.69, 9.17) is 26.0 Å². The topological polar surface area (TPSA) is 58.4 Å². The number of carbonyl (C=O) groups excluding carboxylic acids is 1. The Morgan fingerprint density at radius 2 is 1.65 bits per heavy atom. The van der Waals surface area contributed by atoms with Gasteiger partial charge in [0.15, 0.2) is 5.16 Å². The molecule has 3 aromatic carbocycles. The lowest BCUT2D eigenvalue weighted by atomic mass is 10.0. The van der Waals surface area contributed by atoms with Crippen LogP contribution in [0.25, 0.3) is 11.1 Å². The van der Waals surface area contributed by atoms with Crippen molar-refractivity contribution < 1.29 is 53.9 Å². The largest absolute Gasteiger partial charge is 0.416 e. The van der Waals surface area contributed by atoms with Gasteiger partial charge in [-0.25, -0.2) is 4.39 Å². The number of hydrogen-bond acceptors (Lipinski definition) is 5. The van der Waals surface area contributed by atoms with Crippen molar-refractivity contribution >= 4 is 17.7 Å². The number of carbonyl (C=O) groups is 1. The van der Waals surface area contributed by atoms with E-state index in [1.165, 1.54) is 12.1 Å². The third-order valence-corrected chi connectivity index (χ3v) is 7.37. The lowest BCUT2D eigenvalue weighted by molar-refractivity contribution is -0.137. The summed E-state index contributed by atoms with van der Waals surface area (Å²) in [6.45, 7) is -19.7. The van der Waals surface area contributed by atoms with Crippen molar-refractivity contribution in [1.29, 1.82) is 0 Å². The van der Waals surface area contributed by atoms with E-state index >= 15 is 4.79 Å². The maximum absolute atomic E-state index is 15.2. The molecule has 5 rings (SSSR count). The predicted molar refractivity (Wildman–Crippen MR) is 181 cm³/mol. The monoisotopic (exact) mass is 703 g/mol. The smallest absolute Gasteiger partial charge is 0.336 e. The Bertz CT molecular complexity index is 2810. The number of likely N-dealkylation sites (N-methyl/N-ethyl adjacent to an activating group) is 1. The van der Waals surface area contributed by atoms with Gasteiger partial charge in [0.2, 0.25) is 5.91 Å². The first kappa shape index (κ1) is 16.2. The second-order valence-corrected chi connectivity index (χ2v) is 10.6. The number of hydrogen-bond donors (Lipinski definition) is 0. The van der Waals surface area contributed by atoms with Gasteiger partial charge in [0.05, 0.1) is 22.0 Å². The average molecular weight is 704 g/mol. The Kier molecular flexibility index (Phi) is 5.22. The molecule has 0 saturated heterocycles. The summed E-state index contributed by atoms with van der Waals surface area (Å²) in [5.41, 5.74) is -9.75. The highest BCUT2D eigenvalue weighted by molar-refractivity contribution is 7.98. The fourth-order valence-corrected chi connectivity index (χ4v) is 4.97. The SMILES string of the molecule is [2H]c1c([2H])c(C(F)(F)F)c([2H])c([2H])c1-c1c([2H])c([2H])c(C([2H])([2H])N(C(=O)Cn2c(SCc3ccc(F)cc3)nc(=O)c3c2C([2H])([2H])C([2H])(C)C3([2H])[2H])C([2H])([2H])C([2H])([2H])N(C([2H])([2H])C)C([2H])([2H])C)c([2H])c1[2H]. The van der Waals surface area contributed by atoms with Crippen LogP contribution in [0.15, 0.2) is 82.6 Å². The second kappa shape index (κ2) is 15.5. The molecular weight excluding hydrogens is 640 g/mol. The van der Waals surface area contributed by atoms with E-state index in [0.717, 1.165) is 19.1 Å². The number of benzene rings is 3. The van der Waals surface area contributed by atoms with Gasteiger partial charge in [-0.15, -0.1) is 0 Å². The van der Waals surface area contributed by atoms with E-state index in [1.807, 2.05) is 0 Å². The fourth-order valence-electron chi connectivity index (χ4n) is 4.03. The summed E-state index contributed by atoms with van der Waals surface area (Å²) in [6.07, 6.45) is -12.1. The molecule has 254 valence electrons. The van der Waals surface area contributed by atoms with Crippen LogP contribution in [-0.2, 0) is 42.5 Å². The van der Waals surface area contributed by atoms with Crippen molar-refractivity contribution in [2.45, 2.75) is 63.6 Å². The van der Waals surface area contributed by atoms with Gasteiger partial charge < -0.3 is 14.4 Å². The summed E-state index contributed by atoms with van der Waals surface area (Å²) in [4.78, 5) is 31.5. The molecule has 1 heterocycles. The Hall–Kier alpha value is -3.96. The zero-order valence-corrected chi connectivity index (χ0v) is 26.1. The van der Waals surface area contributed by atoms with Gasteiger partial charge in [-0.3, -0.25) is 9.59 Å². The first-order valence-corrected chi connectivity index (χ1v) is 14.7. The van der Waals surface area contributed by atoms with Crippen LogP contribution in [-0.4, -0.2) is 51.2 Å². The van der Waals surface area contributed by atoms with Crippen molar-refractivity contribution in [3.05, 3.63) is 117 Å². The molecule has 48 heavy (non-hydrogen) atoms. The molecule has 0 radical (unpaired) electrons. The van der Waals surface area contributed by atoms with Crippen LogP contribution in [0.2, 0.25) is 0 Å². The number of aromatic nitrogens is 2. The van der Waals surface area contributed by atoms with Crippen LogP contribution in [0.1, 0.15) is 80.2 Å². The Morgan fingerprint density at radius 3 is 2.25 bits per heavy atom. The van der Waals surface area contributed by atoms with Crippen molar-refractivity contribution in [3.8, 4) is 11.1 Å². The summed E-state index contributed by atoms with van der Waals surface area (Å²) < 4.78 is 256. The molecule has 0 bridgehead atoms. The molecule has 0 spiro atoms. The maximum atomic E-state index is 15.2. The van der Waals surface area contributed by atoms with Crippen LogP contribution >= 0.6 is 11.8 Å². The van der Waals surface area contributed by atoms with Gasteiger partial charge in [-0.05, 0) is 78.1 Å². The number of amides is 1. The Balaban J connectivity index is 1.90. The van der Waals surface area contributed by atoms with Crippen LogP contribution in [0.3, 0.4) is 0 Å². The number of fused-ring (bicyclic) bond motifs is 1. The van der Waals surface area contributed by atoms with E-state index in [0.29, 0.717) is 30.2 Å². The quantitative estimate of drug-likeness (QED) is 0.0822. The Morgan fingerprint density at radius 1 is 1.02 bits per heavy atom. The molecule has 0 N–H and O–H groups in total. The molecule has 6 nitrogen and oxygen atoms in total. The molecule has 1 atom stereocenters. The summed E-state index contributed by atoms with van der Waals surface area (Å²) in [6, 6.07) is -8.40. The first-order valence-electron chi connectivity index (χ1n) is 25.2. The summed E-state index contributed by atoms with van der Waals surface area (Å²) in [7, 11) is 0. The van der Waals surface area contributed by atoms with Crippen LogP contribution in [0.4, 0.5) is 17.6 Å². The number of alkyl halides is 3. The van der Waals surface area contributed by atoms with Crippen LogP contribution < -0.4 is 5.56 Å². The Labute approximate surface area is 315 Å². The number of thioether (sulfide) groups is 1. The van der Waals surface area contributed by atoms with E-state index in [1.54, 1.807) is 0 Å². The minimum atomic E-state index is -5.49. The van der Waals surface area contributed by atoms with Crippen molar-refractivity contribution in [3.63, 3.8) is 0 Å². The van der Waals surface area contributed by atoms with Gasteiger partial charge in [0.25, 0.3) is 5.56 Å². The highest BCUT2D eigenvalue weighted by Crippen LogP contribution is 2.32. The molecule has 4 aromatic rings. The van der Waals surface area contributed by atoms with Gasteiger partial charge in [-0.2, -0.15) is 18.2 Å². The molecule has 11 heteroatoms. The predicted octanol–water partition coefficient (Wildman–Crippen LogP) is 7.47. The summed E-state index contributed by atoms with van der Waals surface area (Å²) in [5, 5.41) is -0.727. The lowest BCUT2D eigenvalue weighted by Crippen LogP contribution is -2.40. The van der Waals surface area contributed by atoms with Crippen molar-refractivity contribution in [1.82, 2.24) is 19.4 Å². The van der Waals surface area contributed by atoms with E-state index in [9.17, 15) is 27.8 Å². The van der Waals surface area contributed by atoms with E-state index in [2.05, 4.69) is 4.98 Å². The van der Waals surface area contributed by atoms with Crippen LogP contribution in [0.5, 0.6) is 0 Å². The molecule has 0 fully saturated rings. The zero-order valence-electron chi connectivity index (χ0n) is 48.2. The molecule has 1 aliphatic carbocycles. The maximum Gasteiger partial charge on any atom is 0.416 e. The first-order chi connectivity index (χ1) is 31.8. The van der Waals surface area contributed by atoms with E-state index in [-0.39, 0.29) is 11.3 Å². The lowest BCUT2D eigenvalue weighted by Gasteiger charge is -2.28. The normalized spacial score (nSPS) is 26.5. The molecule has 0 saturated carbocycles. The molecule has 1 aliphatic rings. The standard InChI is InChI=1S/C37H40F4N4O2S/c1-4-43(5-2)18-19-44(22-26-6-10-28(11-7-26)29-12-14-30(15-13-29)37(39,40)41)34(46)23-45-33-21-25(3)20-32(33)35(47)42-36(45)48-24-27-8-16-31(38)17-9-27/h6-17,25H,4-5,18-24H2,1-3H3/i4D2,5D2,6D,7D,10D,11D,12D,13D,14D,15D,18D2,19D2,20D2,21D2,22D2,25D. The minimum absolute atomic E-state index is 0.286.